The number of hydrogen-bond acceptors (Lipinski definition) is 4. The molecule has 0 aliphatic carbocycles. The molecule has 150 valence electrons. The number of piperidine rings is 1. The largest absolute Gasteiger partial charge is 0.339 e. The number of likely N-dealkylation sites (tertiary alicyclic amines) is 1. The summed E-state index contributed by atoms with van der Waals surface area (Å²) in [6, 6.07) is 11.9. The molecule has 0 spiro atoms. The molecule has 3 aromatic rings. The van der Waals surface area contributed by atoms with Crippen LogP contribution in [0.5, 0.6) is 0 Å². The number of aromatic nitrogens is 2. The van der Waals surface area contributed by atoms with Crippen LogP contribution in [0, 0.1) is 19.7 Å². The Bertz CT molecular complexity index is 988. The highest BCUT2D eigenvalue weighted by molar-refractivity contribution is 5.89. The van der Waals surface area contributed by atoms with Crippen molar-refractivity contribution < 1.29 is 13.7 Å². The van der Waals surface area contributed by atoms with Crippen LogP contribution in [0.4, 0.5) is 14.9 Å². The third-order valence-corrected chi connectivity index (χ3v) is 5.15. The number of aryl methyl sites for hydroxylation is 2. The molecule has 7 heteroatoms. The molecule has 0 unspecified atom stereocenters. The van der Waals surface area contributed by atoms with Gasteiger partial charge in [0.1, 0.15) is 5.82 Å². The zero-order valence-electron chi connectivity index (χ0n) is 16.5. The molecule has 1 aliphatic rings. The van der Waals surface area contributed by atoms with Crippen molar-refractivity contribution in [3.8, 4) is 11.4 Å². The number of nitrogens with zero attached hydrogens (tertiary/aromatic N) is 3. The quantitative estimate of drug-likeness (QED) is 0.686. The number of nitrogens with one attached hydrogen (secondary N) is 1. The van der Waals surface area contributed by atoms with E-state index in [4.69, 9.17) is 4.52 Å². The Morgan fingerprint density at radius 2 is 1.76 bits per heavy atom. The highest BCUT2D eigenvalue weighted by Gasteiger charge is 2.27. The zero-order valence-corrected chi connectivity index (χ0v) is 16.5. The summed E-state index contributed by atoms with van der Waals surface area (Å²) in [5.74, 6) is 0.833. The van der Waals surface area contributed by atoms with Crippen molar-refractivity contribution in [1.82, 2.24) is 15.0 Å². The van der Waals surface area contributed by atoms with E-state index in [1.165, 1.54) is 12.1 Å². The lowest BCUT2D eigenvalue weighted by Crippen LogP contribution is -2.40. The summed E-state index contributed by atoms with van der Waals surface area (Å²) in [6.45, 7) is 5.27. The fourth-order valence-electron chi connectivity index (χ4n) is 3.70. The normalized spacial score (nSPS) is 14.8. The van der Waals surface area contributed by atoms with E-state index >= 15 is 0 Å². The second-order valence-corrected chi connectivity index (χ2v) is 7.53. The number of anilines is 1. The molecule has 1 aromatic heterocycles. The molecule has 6 nitrogen and oxygen atoms in total. The lowest BCUT2D eigenvalue weighted by molar-refractivity contribution is 0.187. The van der Waals surface area contributed by atoms with Crippen molar-refractivity contribution in [2.75, 3.05) is 18.4 Å². The minimum Gasteiger partial charge on any atom is -0.339 e. The smallest absolute Gasteiger partial charge is 0.321 e. The average Bonchev–Trinajstić information content (AvgIpc) is 3.18. The molecule has 0 saturated carbocycles. The van der Waals surface area contributed by atoms with E-state index in [0.29, 0.717) is 30.4 Å². The van der Waals surface area contributed by atoms with Crippen molar-refractivity contribution in [3.63, 3.8) is 0 Å². The van der Waals surface area contributed by atoms with E-state index in [2.05, 4.69) is 21.5 Å². The molecule has 1 saturated heterocycles. The van der Waals surface area contributed by atoms with Gasteiger partial charge in [-0.05, 0) is 74.2 Å². The fourth-order valence-corrected chi connectivity index (χ4v) is 3.70. The number of hydrogen-bond donors (Lipinski definition) is 1. The third kappa shape index (κ3) is 4.45. The maximum atomic E-state index is 13.1. The van der Waals surface area contributed by atoms with Gasteiger partial charge in [-0.15, -0.1) is 0 Å². The van der Waals surface area contributed by atoms with Crippen LogP contribution in [-0.2, 0) is 0 Å². The van der Waals surface area contributed by atoms with Crippen LogP contribution in [0.15, 0.2) is 47.0 Å². The summed E-state index contributed by atoms with van der Waals surface area (Å²) >= 11 is 0. The first-order chi connectivity index (χ1) is 14.0. The molecule has 2 amide bonds. The van der Waals surface area contributed by atoms with E-state index in [0.717, 1.165) is 29.7 Å². The number of halogens is 1. The summed E-state index contributed by atoms with van der Waals surface area (Å²) in [5.41, 5.74) is 3.77. The standard InChI is InChI=1S/C22H23FN4O2/c1-14-11-15(2)13-19(12-14)24-22(28)27-9-7-17(8-10-27)21-25-20(26-29-21)16-3-5-18(23)6-4-16/h3-6,11-13,17H,7-10H2,1-2H3,(H,24,28). The molecule has 2 heterocycles. The molecule has 0 radical (unpaired) electrons. The van der Waals surface area contributed by atoms with Crippen molar-refractivity contribution in [3.05, 3.63) is 65.3 Å². The Kier molecular flexibility index (Phi) is 5.29. The first-order valence-electron chi connectivity index (χ1n) is 9.72. The molecule has 1 fully saturated rings. The molecular formula is C22H23FN4O2. The number of amides is 2. The zero-order chi connectivity index (χ0) is 20.4. The molecule has 0 atom stereocenters. The molecule has 1 aliphatic heterocycles. The minimum absolute atomic E-state index is 0.0917. The van der Waals surface area contributed by atoms with Crippen molar-refractivity contribution in [1.29, 1.82) is 0 Å². The Hall–Kier alpha value is -3.22. The van der Waals surface area contributed by atoms with Gasteiger partial charge >= 0.3 is 6.03 Å². The molecule has 0 bridgehead atoms. The maximum absolute atomic E-state index is 13.1. The van der Waals surface area contributed by atoms with Crippen LogP contribution in [0.3, 0.4) is 0 Å². The number of rotatable bonds is 3. The lowest BCUT2D eigenvalue weighted by Gasteiger charge is -2.30. The van der Waals surface area contributed by atoms with E-state index in [1.807, 2.05) is 30.9 Å². The van der Waals surface area contributed by atoms with Crippen molar-refractivity contribution in [2.45, 2.75) is 32.6 Å². The van der Waals surface area contributed by atoms with Gasteiger partial charge in [0.25, 0.3) is 0 Å². The lowest BCUT2D eigenvalue weighted by atomic mass is 9.97. The number of urea groups is 1. The average molecular weight is 394 g/mol. The first kappa shape index (κ1) is 19.1. The van der Waals surface area contributed by atoms with E-state index in [9.17, 15) is 9.18 Å². The SMILES string of the molecule is Cc1cc(C)cc(NC(=O)N2CCC(c3nc(-c4ccc(F)cc4)no3)CC2)c1. The van der Waals surface area contributed by atoms with Gasteiger partial charge in [-0.25, -0.2) is 9.18 Å². The molecule has 29 heavy (non-hydrogen) atoms. The van der Waals surface area contributed by atoms with Crippen molar-refractivity contribution >= 4 is 11.7 Å². The van der Waals surface area contributed by atoms with Gasteiger partial charge in [0, 0.05) is 30.3 Å². The Balaban J connectivity index is 1.35. The van der Waals surface area contributed by atoms with Crippen LogP contribution in [-0.4, -0.2) is 34.2 Å². The van der Waals surface area contributed by atoms with E-state index in [1.54, 1.807) is 12.1 Å². The summed E-state index contributed by atoms with van der Waals surface area (Å²) < 4.78 is 18.5. The second kappa shape index (κ2) is 8.03. The van der Waals surface area contributed by atoms with Gasteiger partial charge in [0.15, 0.2) is 0 Å². The Morgan fingerprint density at radius 1 is 1.10 bits per heavy atom. The van der Waals surface area contributed by atoms with Gasteiger partial charge in [-0.3, -0.25) is 0 Å². The van der Waals surface area contributed by atoms with Gasteiger partial charge in [-0.1, -0.05) is 11.2 Å². The minimum atomic E-state index is -0.302. The Labute approximate surface area is 168 Å². The summed E-state index contributed by atoms with van der Waals surface area (Å²) in [5, 5.41) is 7.00. The topological polar surface area (TPSA) is 71.3 Å². The summed E-state index contributed by atoms with van der Waals surface area (Å²) in [4.78, 5) is 18.9. The number of benzene rings is 2. The van der Waals surface area contributed by atoms with Crippen LogP contribution in [0.25, 0.3) is 11.4 Å². The highest BCUT2D eigenvalue weighted by atomic mass is 19.1. The van der Waals surface area contributed by atoms with Crippen molar-refractivity contribution in [2.24, 2.45) is 0 Å². The third-order valence-electron chi connectivity index (χ3n) is 5.15. The highest BCUT2D eigenvalue weighted by Crippen LogP contribution is 2.29. The first-order valence-corrected chi connectivity index (χ1v) is 9.72. The summed E-state index contributed by atoms with van der Waals surface area (Å²) in [6.07, 6.45) is 1.51. The summed E-state index contributed by atoms with van der Waals surface area (Å²) in [7, 11) is 0. The molecular weight excluding hydrogens is 371 g/mol. The Morgan fingerprint density at radius 3 is 2.41 bits per heavy atom. The van der Waals surface area contributed by atoms with E-state index < -0.39 is 0 Å². The predicted molar refractivity (Wildman–Crippen MR) is 108 cm³/mol. The maximum Gasteiger partial charge on any atom is 0.321 e. The van der Waals surface area contributed by atoms with Gasteiger partial charge in [-0.2, -0.15) is 4.98 Å². The molecule has 1 N–H and O–H groups in total. The molecule has 2 aromatic carbocycles. The second-order valence-electron chi connectivity index (χ2n) is 7.53. The van der Waals surface area contributed by atoms with Crippen LogP contribution in [0.1, 0.15) is 35.8 Å². The monoisotopic (exact) mass is 394 g/mol. The number of carbonyl (C=O) groups is 1. The van der Waals surface area contributed by atoms with Gasteiger partial charge in [0.2, 0.25) is 11.7 Å². The van der Waals surface area contributed by atoms with Gasteiger partial charge < -0.3 is 14.7 Å². The van der Waals surface area contributed by atoms with Crippen LogP contribution >= 0.6 is 0 Å². The van der Waals surface area contributed by atoms with Gasteiger partial charge in [0.05, 0.1) is 0 Å². The van der Waals surface area contributed by atoms with Crippen LogP contribution in [0.2, 0.25) is 0 Å². The fraction of sp³-hybridized carbons (Fsp3) is 0.318. The van der Waals surface area contributed by atoms with E-state index in [-0.39, 0.29) is 17.8 Å². The predicted octanol–water partition coefficient (Wildman–Crippen LogP) is 4.90. The number of carbonyl (C=O) groups excluding carboxylic acids is 1. The molecule has 4 rings (SSSR count). The van der Waals surface area contributed by atoms with Crippen LogP contribution < -0.4 is 5.32 Å².